The normalized spacial score (nSPS) is 19.7. The molecule has 1 amide bonds. The average molecular weight is 341 g/mol. The fourth-order valence-electron chi connectivity index (χ4n) is 2.29. The first-order chi connectivity index (χ1) is 10.8. The van der Waals surface area contributed by atoms with Gasteiger partial charge in [0, 0.05) is 39.3 Å². The van der Waals surface area contributed by atoms with Gasteiger partial charge in [0.1, 0.15) is 0 Å². The van der Waals surface area contributed by atoms with Gasteiger partial charge in [0.2, 0.25) is 10.0 Å². The number of hydrogen-bond acceptors (Lipinski definition) is 5. The molecule has 1 aliphatic rings. The van der Waals surface area contributed by atoms with Crippen LogP contribution in [0.15, 0.2) is 29.2 Å². The van der Waals surface area contributed by atoms with Crippen LogP contribution in [0.1, 0.15) is 10.4 Å². The molecule has 1 aromatic rings. The summed E-state index contributed by atoms with van der Waals surface area (Å²) in [5, 5.41) is 2.82. The maximum atomic E-state index is 12.1. The number of sulfonamides is 1. The number of rotatable bonds is 5. The third-order valence-corrected chi connectivity index (χ3v) is 5.56. The van der Waals surface area contributed by atoms with Gasteiger partial charge in [-0.25, -0.2) is 12.7 Å². The molecule has 1 aliphatic heterocycles. The number of carbonyl (C=O) groups is 1. The molecule has 0 saturated carbocycles. The highest BCUT2D eigenvalue weighted by Gasteiger charge is 2.20. The van der Waals surface area contributed by atoms with E-state index in [1.807, 2.05) is 7.05 Å². The van der Waals surface area contributed by atoms with Crippen LogP contribution in [0.2, 0.25) is 0 Å². The summed E-state index contributed by atoms with van der Waals surface area (Å²) in [5.74, 6) is -0.240. The van der Waals surface area contributed by atoms with Crippen LogP contribution in [0.3, 0.4) is 0 Å². The van der Waals surface area contributed by atoms with E-state index in [9.17, 15) is 13.2 Å². The van der Waals surface area contributed by atoms with Crippen molar-refractivity contribution in [2.75, 3.05) is 47.4 Å². The van der Waals surface area contributed by atoms with Crippen molar-refractivity contribution < 1.29 is 17.9 Å². The summed E-state index contributed by atoms with van der Waals surface area (Å²) in [5.41, 5.74) is 0.423. The van der Waals surface area contributed by atoms with Crippen molar-refractivity contribution >= 4 is 15.9 Å². The summed E-state index contributed by atoms with van der Waals surface area (Å²) in [4.78, 5) is 14.4. The number of nitrogens with one attached hydrogen (secondary N) is 1. The van der Waals surface area contributed by atoms with Crippen LogP contribution in [0, 0.1) is 0 Å². The molecule has 128 valence electrons. The largest absolute Gasteiger partial charge is 0.374 e. The lowest BCUT2D eigenvalue weighted by Gasteiger charge is -2.30. The zero-order valence-corrected chi connectivity index (χ0v) is 14.5. The molecule has 1 aromatic carbocycles. The SMILES string of the molecule is CN1CCOC(CNC(=O)c2ccc(S(=O)(=O)N(C)C)cc2)C1. The van der Waals surface area contributed by atoms with Crippen LogP contribution in [-0.2, 0) is 14.8 Å². The van der Waals surface area contributed by atoms with Crippen molar-refractivity contribution in [3.05, 3.63) is 29.8 Å². The maximum Gasteiger partial charge on any atom is 0.251 e. The van der Waals surface area contributed by atoms with Crippen molar-refractivity contribution in [2.45, 2.75) is 11.0 Å². The first-order valence-corrected chi connectivity index (χ1v) is 8.85. The third-order valence-electron chi connectivity index (χ3n) is 3.73. The summed E-state index contributed by atoms with van der Waals surface area (Å²) in [6.45, 7) is 2.77. The van der Waals surface area contributed by atoms with Crippen molar-refractivity contribution in [1.29, 1.82) is 0 Å². The molecule has 0 radical (unpaired) electrons. The van der Waals surface area contributed by atoms with Gasteiger partial charge in [0.15, 0.2) is 0 Å². The lowest BCUT2D eigenvalue weighted by molar-refractivity contribution is -0.0175. The molecule has 0 spiro atoms. The maximum absolute atomic E-state index is 12.1. The van der Waals surface area contributed by atoms with E-state index in [1.54, 1.807) is 0 Å². The second kappa shape index (κ2) is 7.39. The molecule has 7 nitrogen and oxygen atoms in total. The molecule has 1 saturated heterocycles. The zero-order valence-electron chi connectivity index (χ0n) is 13.7. The van der Waals surface area contributed by atoms with E-state index >= 15 is 0 Å². The number of benzene rings is 1. The minimum atomic E-state index is -3.48. The Morgan fingerprint density at radius 3 is 2.57 bits per heavy atom. The van der Waals surface area contributed by atoms with E-state index in [0.717, 1.165) is 17.4 Å². The predicted molar refractivity (Wildman–Crippen MR) is 86.9 cm³/mol. The average Bonchev–Trinajstić information content (AvgIpc) is 2.52. The molecule has 0 aromatic heterocycles. The van der Waals surface area contributed by atoms with Crippen molar-refractivity contribution in [1.82, 2.24) is 14.5 Å². The summed E-state index contributed by atoms with van der Waals surface area (Å²) >= 11 is 0. The molecule has 1 N–H and O–H groups in total. The van der Waals surface area contributed by atoms with Gasteiger partial charge >= 0.3 is 0 Å². The highest BCUT2D eigenvalue weighted by Crippen LogP contribution is 2.14. The van der Waals surface area contributed by atoms with Crippen molar-refractivity contribution in [3.63, 3.8) is 0 Å². The van der Waals surface area contributed by atoms with Crippen LogP contribution < -0.4 is 5.32 Å². The minimum absolute atomic E-state index is 0.0221. The zero-order chi connectivity index (χ0) is 17.0. The number of nitrogens with zero attached hydrogens (tertiary/aromatic N) is 2. The topological polar surface area (TPSA) is 79.0 Å². The van der Waals surface area contributed by atoms with E-state index < -0.39 is 10.0 Å². The van der Waals surface area contributed by atoms with Crippen LogP contribution in [0.5, 0.6) is 0 Å². The van der Waals surface area contributed by atoms with Gasteiger partial charge in [-0.2, -0.15) is 0 Å². The predicted octanol–water partition coefficient (Wildman–Crippen LogP) is -0.00270. The van der Waals surface area contributed by atoms with Crippen LogP contribution in [0.25, 0.3) is 0 Å². The third kappa shape index (κ3) is 4.51. The number of morpholine rings is 1. The highest BCUT2D eigenvalue weighted by atomic mass is 32.2. The fourth-order valence-corrected chi connectivity index (χ4v) is 3.19. The van der Waals surface area contributed by atoms with Crippen LogP contribution in [0.4, 0.5) is 0 Å². The molecule has 2 rings (SSSR count). The van der Waals surface area contributed by atoms with Gasteiger partial charge in [0.05, 0.1) is 17.6 Å². The van der Waals surface area contributed by atoms with Gasteiger partial charge in [-0.1, -0.05) is 0 Å². The lowest BCUT2D eigenvalue weighted by atomic mass is 10.2. The smallest absolute Gasteiger partial charge is 0.251 e. The van der Waals surface area contributed by atoms with Crippen molar-refractivity contribution in [3.8, 4) is 0 Å². The number of hydrogen-bond donors (Lipinski definition) is 1. The Labute approximate surface area is 137 Å². The first kappa shape index (κ1) is 17.9. The van der Waals surface area contributed by atoms with Gasteiger partial charge in [0.25, 0.3) is 5.91 Å². The van der Waals surface area contributed by atoms with E-state index in [0.29, 0.717) is 18.7 Å². The Balaban J connectivity index is 1.95. The second-order valence-electron chi connectivity index (χ2n) is 5.78. The molecule has 1 unspecified atom stereocenters. The Morgan fingerprint density at radius 2 is 2.00 bits per heavy atom. The van der Waals surface area contributed by atoms with Crippen LogP contribution >= 0.6 is 0 Å². The van der Waals surface area contributed by atoms with Crippen LogP contribution in [-0.4, -0.2) is 77.0 Å². The number of ether oxygens (including phenoxy) is 1. The first-order valence-electron chi connectivity index (χ1n) is 7.41. The Hall–Kier alpha value is -1.48. The summed E-state index contributed by atoms with van der Waals surface area (Å²) < 4.78 is 30.7. The summed E-state index contributed by atoms with van der Waals surface area (Å²) in [7, 11) is 1.48. The number of likely N-dealkylation sites (N-methyl/N-ethyl adjacent to an activating group) is 1. The Morgan fingerprint density at radius 1 is 1.35 bits per heavy atom. The molecular weight excluding hydrogens is 318 g/mol. The standard InChI is InChI=1S/C15H23N3O4S/c1-17(2)23(20,21)14-6-4-12(5-7-14)15(19)16-10-13-11-18(3)8-9-22-13/h4-7,13H,8-11H2,1-3H3,(H,16,19). The minimum Gasteiger partial charge on any atom is -0.374 e. The van der Waals surface area contributed by atoms with Gasteiger partial charge in [-0.05, 0) is 31.3 Å². The monoisotopic (exact) mass is 341 g/mol. The summed E-state index contributed by atoms with van der Waals surface area (Å²) in [6, 6.07) is 5.91. The van der Waals surface area contributed by atoms with Gasteiger partial charge in [-0.3, -0.25) is 4.79 Å². The van der Waals surface area contributed by atoms with Gasteiger partial charge < -0.3 is 15.0 Å². The Bertz CT molecular complexity index is 643. The molecule has 0 bridgehead atoms. The van der Waals surface area contributed by atoms with E-state index in [4.69, 9.17) is 4.74 Å². The highest BCUT2D eigenvalue weighted by molar-refractivity contribution is 7.89. The summed E-state index contributed by atoms with van der Waals surface area (Å²) in [6.07, 6.45) is -0.0221. The molecule has 0 aliphatic carbocycles. The quantitative estimate of drug-likeness (QED) is 0.815. The van der Waals surface area contributed by atoms with Crippen molar-refractivity contribution in [2.24, 2.45) is 0 Å². The second-order valence-corrected chi connectivity index (χ2v) is 7.93. The van der Waals surface area contributed by atoms with E-state index in [1.165, 1.54) is 38.4 Å². The Kier molecular flexibility index (Phi) is 5.74. The van der Waals surface area contributed by atoms with E-state index in [2.05, 4.69) is 10.2 Å². The molecule has 1 fully saturated rings. The van der Waals surface area contributed by atoms with Gasteiger partial charge in [-0.15, -0.1) is 0 Å². The molecule has 1 heterocycles. The number of amides is 1. The lowest BCUT2D eigenvalue weighted by Crippen LogP contribution is -2.45. The molecule has 23 heavy (non-hydrogen) atoms. The molecule has 8 heteroatoms. The molecular formula is C15H23N3O4S. The number of carbonyl (C=O) groups excluding carboxylic acids is 1. The molecule has 1 atom stereocenters. The van der Waals surface area contributed by atoms with E-state index in [-0.39, 0.29) is 16.9 Å². The fraction of sp³-hybridized carbons (Fsp3) is 0.533.